The van der Waals surface area contributed by atoms with Gasteiger partial charge in [0.2, 0.25) is 0 Å². The van der Waals surface area contributed by atoms with Gasteiger partial charge in [-0.3, -0.25) is 0 Å². The normalized spacial score (nSPS) is 10.3. The molecule has 0 fully saturated rings. The lowest BCUT2D eigenvalue weighted by Crippen LogP contribution is -2.06. The molecule has 0 unspecified atom stereocenters. The molecule has 0 saturated carbocycles. The van der Waals surface area contributed by atoms with E-state index in [2.05, 4.69) is 0 Å². The van der Waals surface area contributed by atoms with E-state index in [1.54, 1.807) is 6.07 Å². The van der Waals surface area contributed by atoms with Crippen LogP contribution in [-0.4, -0.2) is 5.97 Å². The van der Waals surface area contributed by atoms with Crippen molar-refractivity contribution in [2.75, 3.05) is 0 Å². The van der Waals surface area contributed by atoms with Gasteiger partial charge in [-0.05, 0) is 32.4 Å². The second-order valence-corrected chi connectivity index (χ2v) is 4.92. The van der Waals surface area contributed by atoms with Crippen molar-refractivity contribution in [3.05, 3.63) is 57.5 Å². The second-order valence-electron chi connectivity index (χ2n) is 4.92. The first-order chi connectivity index (χ1) is 9.45. The zero-order valence-corrected chi connectivity index (χ0v) is 11.7. The molecule has 0 spiro atoms. The van der Waals surface area contributed by atoms with Crippen LogP contribution in [0.15, 0.2) is 45.1 Å². The highest BCUT2D eigenvalue weighted by molar-refractivity contribution is 5.84. The maximum Gasteiger partial charge on any atom is 0.336 e. The first-order valence-electron chi connectivity index (χ1n) is 6.31. The molecule has 1 heterocycles. The maximum atomic E-state index is 11.5. The number of carbonyl (C=O) groups excluding carboxylic acids is 1. The van der Waals surface area contributed by atoms with Crippen molar-refractivity contribution in [2.45, 2.75) is 27.4 Å². The first-order valence-corrected chi connectivity index (χ1v) is 6.31. The average molecular weight is 272 g/mol. The lowest BCUT2D eigenvalue weighted by atomic mass is 10.1. The van der Waals surface area contributed by atoms with Gasteiger partial charge in [0.15, 0.2) is 0 Å². The van der Waals surface area contributed by atoms with Crippen molar-refractivity contribution >= 4 is 16.9 Å². The molecule has 4 nitrogen and oxygen atoms in total. The molecular formula is C16H16O4. The summed E-state index contributed by atoms with van der Waals surface area (Å²) in [6, 6.07) is 6.92. The van der Waals surface area contributed by atoms with Crippen LogP contribution >= 0.6 is 0 Å². The molecule has 0 saturated heterocycles. The number of fused-ring (bicyclic) bond motifs is 1. The zero-order valence-electron chi connectivity index (χ0n) is 11.7. The Bertz CT molecular complexity index is 734. The van der Waals surface area contributed by atoms with E-state index in [4.69, 9.17) is 9.15 Å². The van der Waals surface area contributed by atoms with Crippen molar-refractivity contribution < 1.29 is 13.9 Å². The van der Waals surface area contributed by atoms with Crippen LogP contribution in [0.3, 0.4) is 0 Å². The Balaban J connectivity index is 2.32. The molecule has 0 bridgehead atoms. The minimum atomic E-state index is -0.448. The van der Waals surface area contributed by atoms with Gasteiger partial charge in [-0.2, -0.15) is 0 Å². The lowest BCUT2D eigenvalue weighted by Gasteiger charge is -2.06. The van der Waals surface area contributed by atoms with Gasteiger partial charge in [0.25, 0.3) is 0 Å². The number of esters is 1. The Kier molecular flexibility index (Phi) is 4.03. The molecule has 2 aromatic rings. The number of allylic oxidation sites excluding steroid dienone is 1. The van der Waals surface area contributed by atoms with E-state index in [0.29, 0.717) is 11.1 Å². The molecule has 1 aromatic heterocycles. The average Bonchev–Trinajstić information content (AvgIpc) is 2.34. The maximum absolute atomic E-state index is 11.5. The summed E-state index contributed by atoms with van der Waals surface area (Å²) < 4.78 is 10.3. The van der Waals surface area contributed by atoms with E-state index < -0.39 is 11.6 Å². The SMILES string of the molecule is CC(C)=CC(=O)OCc1cc(=O)oc2cc(C)ccc12. The van der Waals surface area contributed by atoms with E-state index >= 15 is 0 Å². The monoisotopic (exact) mass is 272 g/mol. The van der Waals surface area contributed by atoms with Crippen LogP contribution in [-0.2, 0) is 16.1 Å². The van der Waals surface area contributed by atoms with Gasteiger partial charge in [-0.25, -0.2) is 9.59 Å². The van der Waals surface area contributed by atoms with Crippen molar-refractivity contribution in [3.8, 4) is 0 Å². The summed E-state index contributed by atoms with van der Waals surface area (Å²) in [5.41, 5.74) is 2.57. The van der Waals surface area contributed by atoms with Crippen molar-refractivity contribution in [1.29, 1.82) is 0 Å². The van der Waals surface area contributed by atoms with Gasteiger partial charge in [0, 0.05) is 23.1 Å². The minimum absolute atomic E-state index is 0.0494. The number of aryl methyl sites for hydroxylation is 1. The molecule has 2 rings (SSSR count). The highest BCUT2D eigenvalue weighted by atomic mass is 16.5. The number of carbonyl (C=O) groups is 1. The lowest BCUT2D eigenvalue weighted by molar-refractivity contribution is -0.139. The molecule has 0 N–H and O–H groups in total. The first kappa shape index (κ1) is 14.1. The number of benzene rings is 1. The van der Waals surface area contributed by atoms with Crippen LogP contribution in [0.25, 0.3) is 11.0 Å². The molecule has 0 aliphatic heterocycles. The summed E-state index contributed by atoms with van der Waals surface area (Å²) in [5.74, 6) is -0.418. The standard InChI is InChI=1S/C16H16O4/c1-10(2)6-15(17)19-9-12-8-16(18)20-14-7-11(3)4-5-13(12)14/h4-8H,9H2,1-3H3. The van der Waals surface area contributed by atoms with E-state index in [0.717, 1.165) is 16.5 Å². The quantitative estimate of drug-likeness (QED) is 0.489. The molecule has 0 aliphatic carbocycles. The van der Waals surface area contributed by atoms with Crippen molar-refractivity contribution in [1.82, 2.24) is 0 Å². The third kappa shape index (κ3) is 3.35. The van der Waals surface area contributed by atoms with Gasteiger partial charge in [0.1, 0.15) is 12.2 Å². The van der Waals surface area contributed by atoms with Crippen LogP contribution < -0.4 is 5.63 Å². The second kappa shape index (κ2) is 5.74. The Hall–Kier alpha value is -2.36. The van der Waals surface area contributed by atoms with Crippen LogP contribution in [0.1, 0.15) is 25.0 Å². The predicted molar refractivity (Wildman–Crippen MR) is 76.4 cm³/mol. The summed E-state index contributed by atoms with van der Waals surface area (Å²) in [6.07, 6.45) is 1.41. The predicted octanol–water partition coefficient (Wildman–Crippen LogP) is 3.11. The molecular weight excluding hydrogens is 256 g/mol. The van der Waals surface area contributed by atoms with Crippen LogP contribution in [0.4, 0.5) is 0 Å². The largest absolute Gasteiger partial charge is 0.458 e. The van der Waals surface area contributed by atoms with Crippen molar-refractivity contribution in [3.63, 3.8) is 0 Å². The molecule has 0 amide bonds. The molecule has 104 valence electrons. The van der Waals surface area contributed by atoms with Gasteiger partial charge in [0.05, 0.1) is 0 Å². The summed E-state index contributed by atoms with van der Waals surface area (Å²) in [4.78, 5) is 23.0. The smallest absolute Gasteiger partial charge is 0.336 e. The van der Waals surface area contributed by atoms with Gasteiger partial charge >= 0.3 is 11.6 Å². The van der Waals surface area contributed by atoms with E-state index in [1.807, 2.05) is 32.9 Å². The number of rotatable bonds is 3. The molecule has 20 heavy (non-hydrogen) atoms. The molecule has 0 aliphatic rings. The highest BCUT2D eigenvalue weighted by Gasteiger charge is 2.08. The molecule has 1 aromatic carbocycles. The van der Waals surface area contributed by atoms with Crippen LogP contribution in [0.2, 0.25) is 0 Å². The number of ether oxygens (including phenoxy) is 1. The van der Waals surface area contributed by atoms with Gasteiger partial charge < -0.3 is 9.15 Å². The van der Waals surface area contributed by atoms with Gasteiger partial charge in [-0.15, -0.1) is 0 Å². The molecule has 0 radical (unpaired) electrons. The summed E-state index contributed by atoms with van der Waals surface area (Å²) >= 11 is 0. The third-order valence-electron chi connectivity index (χ3n) is 2.76. The molecule has 0 atom stereocenters. The summed E-state index contributed by atoms with van der Waals surface area (Å²) in [6.45, 7) is 5.60. The fraction of sp³-hybridized carbons (Fsp3) is 0.250. The van der Waals surface area contributed by atoms with E-state index in [9.17, 15) is 9.59 Å². The Morgan fingerprint density at radius 3 is 2.75 bits per heavy atom. The number of hydrogen-bond donors (Lipinski definition) is 0. The highest BCUT2D eigenvalue weighted by Crippen LogP contribution is 2.19. The minimum Gasteiger partial charge on any atom is -0.458 e. The Morgan fingerprint density at radius 2 is 2.05 bits per heavy atom. The topological polar surface area (TPSA) is 56.5 Å². The fourth-order valence-corrected chi connectivity index (χ4v) is 1.88. The third-order valence-corrected chi connectivity index (χ3v) is 2.76. The van der Waals surface area contributed by atoms with Crippen LogP contribution in [0.5, 0.6) is 0 Å². The Labute approximate surface area is 116 Å². The number of hydrogen-bond acceptors (Lipinski definition) is 4. The van der Waals surface area contributed by atoms with Crippen molar-refractivity contribution in [2.24, 2.45) is 0 Å². The van der Waals surface area contributed by atoms with Gasteiger partial charge in [-0.1, -0.05) is 17.7 Å². The Morgan fingerprint density at radius 1 is 1.30 bits per heavy atom. The fourth-order valence-electron chi connectivity index (χ4n) is 1.88. The van der Waals surface area contributed by atoms with E-state index in [-0.39, 0.29) is 6.61 Å². The summed E-state index contributed by atoms with van der Waals surface area (Å²) in [5, 5.41) is 0.778. The zero-order chi connectivity index (χ0) is 14.7. The summed E-state index contributed by atoms with van der Waals surface area (Å²) in [7, 11) is 0. The van der Waals surface area contributed by atoms with Crippen LogP contribution in [0, 0.1) is 6.92 Å². The van der Waals surface area contributed by atoms with E-state index in [1.165, 1.54) is 12.1 Å². The molecule has 4 heteroatoms.